The van der Waals surface area contributed by atoms with E-state index in [4.69, 9.17) is 16.0 Å². The van der Waals surface area contributed by atoms with Crippen molar-refractivity contribution < 1.29 is 9.52 Å². The van der Waals surface area contributed by atoms with Crippen molar-refractivity contribution in [2.24, 2.45) is 0 Å². The molecule has 5 rings (SSSR count). The number of phenols is 1. The molecule has 0 aliphatic rings. The molecule has 0 spiro atoms. The smallest absolute Gasteiger partial charge is 0.418 e. The Labute approximate surface area is 176 Å². The van der Waals surface area contributed by atoms with Gasteiger partial charge in [-0.15, -0.1) is 0 Å². The summed E-state index contributed by atoms with van der Waals surface area (Å²) in [5, 5.41) is 13.6. The average Bonchev–Trinajstić information content (AvgIpc) is 3.18. The summed E-state index contributed by atoms with van der Waals surface area (Å²) < 4.78 is 7.27. The Morgan fingerprint density at radius 3 is 2.31 bits per heavy atom. The Balaban J connectivity index is 1.75. The molecule has 1 N–H and O–H groups in total. The minimum atomic E-state index is 0.264. The fourth-order valence-corrected chi connectivity index (χ4v) is 4.56. The minimum Gasteiger partial charge on any atom is -0.507 e. The second-order valence-electron chi connectivity index (χ2n) is 6.74. The zero-order valence-electron chi connectivity index (χ0n) is 15.3. The maximum Gasteiger partial charge on any atom is 0.418 e. The van der Waals surface area contributed by atoms with Crippen LogP contribution in [0.15, 0.2) is 89.3 Å². The number of rotatable bonds is 3. The number of hydrogen-bond acceptors (Lipinski definition) is 2. The van der Waals surface area contributed by atoms with Crippen molar-refractivity contribution in [2.75, 3.05) is 0 Å². The van der Waals surface area contributed by atoms with Crippen molar-refractivity contribution in [2.45, 2.75) is 0 Å². The lowest BCUT2D eigenvalue weighted by Gasteiger charge is -2.00. The van der Waals surface area contributed by atoms with E-state index in [2.05, 4.69) is 18.2 Å². The Kier molecular flexibility index (Phi) is 4.55. The fourth-order valence-electron chi connectivity index (χ4n) is 3.41. The van der Waals surface area contributed by atoms with Crippen LogP contribution in [-0.4, -0.2) is 5.11 Å². The molecule has 5 aromatic rings. The molecule has 140 valence electrons. The normalized spacial score (nSPS) is 12.0. The first-order chi connectivity index (χ1) is 14.2. The number of fused-ring (bicyclic) bond motifs is 3. The van der Waals surface area contributed by atoms with Crippen molar-refractivity contribution in [3.63, 3.8) is 0 Å². The van der Waals surface area contributed by atoms with Gasteiger partial charge in [0.2, 0.25) is 0 Å². The van der Waals surface area contributed by atoms with Gasteiger partial charge in [0.15, 0.2) is 0 Å². The maximum absolute atomic E-state index is 10.4. The minimum absolute atomic E-state index is 0.264. The van der Waals surface area contributed by atoms with E-state index in [0.717, 1.165) is 42.8 Å². The van der Waals surface area contributed by atoms with E-state index in [1.807, 2.05) is 66.7 Å². The van der Waals surface area contributed by atoms with Gasteiger partial charge >= 0.3 is 10.7 Å². The molecular formula is C25H16ClO2S+. The standard InChI is InChI=1S/C25H15ClO2S/c26-18-12-10-16(11-13-18)14-21(17-6-2-1-3-7-17)25-28-24-20-9-5-4-8-19(20)22(27)15-23(24)29-25/h1-15H/p+1/b21-14+. The Morgan fingerprint density at radius 2 is 1.55 bits per heavy atom. The van der Waals surface area contributed by atoms with Gasteiger partial charge in [-0.1, -0.05) is 72.3 Å². The largest absolute Gasteiger partial charge is 0.507 e. The van der Waals surface area contributed by atoms with E-state index >= 15 is 0 Å². The Morgan fingerprint density at radius 1 is 0.862 bits per heavy atom. The van der Waals surface area contributed by atoms with Crippen LogP contribution in [0, 0.1) is 0 Å². The third-order valence-corrected chi connectivity index (χ3v) is 6.09. The predicted octanol–water partition coefficient (Wildman–Crippen LogP) is 7.88. The molecule has 0 saturated heterocycles. The van der Waals surface area contributed by atoms with E-state index in [1.165, 1.54) is 11.3 Å². The first-order valence-electron chi connectivity index (χ1n) is 9.19. The van der Waals surface area contributed by atoms with Gasteiger partial charge < -0.3 is 5.11 Å². The SMILES string of the molecule is Oc1cc2sc(/C(=C/c3ccc(Cl)cc3)c3ccccc3)[o+]c2c2ccccc12. The van der Waals surface area contributed by atoms with E-state index in [0.29, 0.717) is 5.02 Å². The zero-order valence-corrected chi connectivity index (χ0v) is 16.9. The van der Waals surface area contributed by atoms with E-state index < -0.39 is 0 Å². The molecule has 0 atom stereocenters. The summed E-state index contributed by atoms with van der Waals surface area (Å²) in [6, 6.07) is 27.4. The van der Waals surface area contributed by atoms with Crippen LogP contribution in [0.5, 0.6) is 5.75 Å². The van der Waals surface area contributed by atoms with Crippen molar-refractivity contribution in [3.8, 4) is 5.75 Å². The lowest BCUT2D eigenvalue weighted by atomic mass is 10.0. The van der Waals surface area contributed by atoms with Crippen LogP contribution in [-0.2, 0) is 0 Å². The zero-order chi connectivity index (χ0) is 19.8. The highest BCUT2D eigenvalue weighted by molar-refractivity contribution is 7.19. The summed E-state index contributed by atoms with van der Waals surface area (Å²) in [6.07, 6.45) is 2.10. The van der Waals surface area contributed by atoms with Crippen molar-refractivity contribution in [1.82, 2.24) is 0 Å². The van der Waals surface area contributed by atoms with Crippen LogP contribution in [0.25, 0.3) is 32.7 Å². The number of hydrogen-bond donors (Lipinski definition) is 1. The van der Waals surface area contributed by atoms with E-state index in [9.17, 15) is 5.11 Å². The third kappa shape index (κ3) is 3.39. The summed E-state index contributed by atoms with van der Waals surface area (Å²) in [5.41, 5.74) is 3.87. The maximum atomic E-state index is 10.4. The summed E-state index contributed by atoms with van der Waals surface area (Å²) in [4.78, 5) is 0. The van der Waals surface area contributed by atoms with Crippen molar-refractivity contribution >= 4 is 55.6 Å². The van der Waals surface area contributed by atoms with E-state index in [-0.39, 0.29) is 5.75 Å². The second kappa shape index (κ2) is 7.36. The van der Waals surface area contributed by atoms with Crippen LogP contribution in [0.1, 0.15) is 16.2 Å². The van der Waals surface area contributed by atoms with Gasteiger partial charge in [-0.2, -0.15) is 4.42 Å². The molecule has 1 aromatic heterocycles. The Hall–Kier alpha value is -3.14. The fraction of sp³-hybridized carbons (Fsp3) is 0. The molecule has 0 amide bonds. The van der Waals surface area contributed by atoms with Gasteiger partial charge in [0.25, 0.3) is 0 Å². The van der Waals surface area contributed by atoms with Gasteiger partial charge in [0.05, 0.1) is 11.0 Å². The van der Waals surface area contributed by atoms with Crippen molar-refractivity contribution in [1.29, 1.82) is 0 Å². The van der Waals surface area contributed by atoms with Gasteiger partial charge in [-0.25, -0.2) is 0 Å². The predicted molar refractivity (Wildman–Crippen MR) is 123 cm³/mol. The average molecular weight is 416 g/mol. The molecule has 0 radical (unpaired) electrons. The topological polar surface area (TPSA) is 31.5 Å². The third-order valence-electron chi connectivity index (χ3n) is 4.82. The summed E-state index contributed by atoms with van der Waals surface area (Å²) in [5.74, 6) is 0.264. The first kappa shape index (κ1) is 17.9. The van der Waals surface area contributed by atoms with Gasteiger partial charge in [0, 0.05) is 16.5 Å². The number of phenolic OH excluding ortho intramolecular Hbond substituents is 1. The van der Waals surface area contributed by atoms with Crippen molar-refractivity contribution in [3.05, 3.63) is 106 Å². The molecular weight excluding hydrogens is 400 g/mol. The molecule has 2 nitrogen and oxygen atoms in total. The monoisotopic (exact) mass is 415 g/mol. The summed E-state index contributed by atoms with van der Waals surface area (Å²) in [7, 11) is 0. The molecule has 0 aliphatic heterocycles. The van der Waals surface area contributed by atoms with E-state index in [1.54, 1.807) is 6.07 Å². The van der Waals surface area contributed by atoms with Crippen LogP contribution in [0.3, 0.4) is 0 Å². The summed E-state index contributed by atoms with van der Waals surface area (Å²) in [6.45, 7) is 0. The van der Waals surface area contributed by atoms with Crippen LogP contribution in [0.2, 0.25) is 5.02 Å². The second-order valence-corrected chi connectivity index (χ2v) is 8.19. The number of halogens is 1. The molecule has 1 heterocycles. The van der Waals surface area contributed by atoms with Crippen LogP contribution < -0.4 is 0 Å². The lowest BCUT2D eigenvalue weighted by Crippen LogP contribution is -1.85. The highest BCUT2D eigenvalue weighted by atomic mass is 35.5. The molecule has 29 heavy (non-hydrogen) atoms. The summed E-state index contributed by atoms with van der Waals surface area (Å²) >= 11 is 7.58. The molecule has 4 heteroatoms. The van der Waals surface area contributed by atoms with Crippen LogP contribution in [0.4, 0.5) is 0 Å². The molecule has 0 aliphatic carbocycles. The lowest BCUT2D eigenvalue weighted by molar-refractivity contribution is 0.482. The van der Waals surface area contributed by atoms with Gasteiger partial charge in [0.1, 0.15) is 10.4 Å². The van der Waals surface area contributed by atoms with Crippen LogP contribution >= 0.6 is 22.9 Å². The van der Waals surface area contributed by atoms with Gasteiger partial charge in [-0.05, 0) is 46.7 Å². The number of benzene rings is 4. The first-order valence-corrected chi connectivity index (χ1v) is 10.4. The highest BCUT2D eigenvalue weighted by Gasteiger charge is 2.26. The molecule has 0 fully saturated rings. The number of aromatic hydroxyl groups is 1. The molecule has 0 bridgehead atoms. The molecule has 0 saturated carbocycles. The Bertz CT molecular complexity index is 1350. The van der Waals surface area contributed by atoms with Gasteiger partial charge in [-0.3, -0.25) is 0 Å². The molecule has 4 aromatic carbocycles. The highest BCUT2D eigenvalue weighted by Crippen LogP contribution is 2.41. The molecule has 0 unspecified atom stereocenters. The quantitative estimate of drug-likeness (QED) is 0.240.